The summed E-state index contributed by atoms with van der Waals surface area (Å²) in [6.45, 7) is 6.79. The SMILES string of the molecule is Cc1ccc(S(=O)(=O)N2CCC(NC(=O)[C@@H](N)CC(C)C)CC2)cc1. The van der Waals surface area contributed by atoms with E-state index >= 15 is 0 Å². The largest absolute Gasteiger partial charge is 0.352 e. The first-order valence-electron chi connectivity index (χ1n) is 8.83. The predicted octanol–water partition coefficient (Wildman–Crippen LogP) is 1.64. The summed E-state index contributed by atoms with van der Waals surface area (Å²) >= 11 is 0. The number of rotatable bonds is 6. The maximum absolute atomic E-state index is 12.7. The van der Waals surface area contributed by atoms with Crippen molar-refractivity contribution in [2.75, 3.05) is 13.1 Å². The van der Waals surface area contributed by atoms with Gasteiger partial charge in [-0.25, -0.2) is 8.42 Å². The second kappa shape index (κ2) is 8.29. The lowest BCUT2D eigenvalue weighted by Crippen LogP contribution is -2.50. The quantitative estimate of drug-likeness (QED) is 0.799. The van der Waals surface area contributed by atoms with Gasteiger partial charge in [0.05, 0.1) is 10.9 Å². The van der Waals surface area contributed by atoms with Gasteiger partial charge in [-0.3, -0.25) is 4.79 Å². The molecule has 0 saturated carbocycles. The highest BCUT2D eigenvalue weighted by Crippen LogP contribution is 2.21. The maximum atomic E-state index is 12.7. The molecule has 140 valence electrons. The number of carbonyl (C=O) groups is 1. The van der Waals surface area contributed by atoms with Crippen molar-refractivity contribution >= 4 is 15.9 Å². The fourth-order valence-electron chi connectivity index (χ4n) is 3.02. The Balaban J connectivity index is 1.91. The van der Waals surface area contributed by atoms with Gasteiger partial charge in [0, 0.05) is 19.1 Å². The number of aryl methyl sites for hydroxylation is 1. The zero-order valence-electron chi connectivity index (χ0n) is 15.2. The second-order valence-electron chi connectivity index (χ2n) is 7.24. The Hall–Kier alpha value is -1.44. The molecule has 1 amide bonds. The molecule has 7 heteroatoms. The van der Waals surface area contributed by atoms with E-state index < -0.39 is 16.1 Å². The summed E-state index contributed by atoms with van der Waals surface area (Å²) in [6, 6.07) is 6.36. The minimum atomic E-state index is -3.47. The van der Waals surface area contributed by atoms with Crippen LogP contribution in [0.25, 0.3) is 0 Å². The molecule has 1 aliphatic rings. The number of sulfonamides is 1. The first-order valence-corrected chi connectivity index (χ1v) is 10.3. The lowest BCUT2D eigenvalue weighted by molar-refractivity contribution is -0.123. The van der Waals surface area contributed by atoms with E-state index in [1.807, 2.05) is 20.8 Å². The molecule has 0 aromatic heterocycles. The molecule has 6 nitrogen and oxygen atoms in total. The van der Waals surface area contributed by atoms with E-state index in [2.05, 4.69) is 5.32 Å². The number of nitrogens with one attached hydrogen (secondary N) is 1. The Labute approximate surface area is 150 Å². The highest BCUT2D eigenvalue weighted by Gasteiger charge is 2.30. The topological polar surface area (TPSA) is 92.5 Å². The molecule has 1 aromatic carbocycles. The Kier molecular flexibility index (Phi) is 6.59. The van der Waals surface area contributed by atoms with E-state index in [9.17, 15) is 13.2 Å². The number of hydrogen-bond acceptors (Lipinski definition) is 4. The number of benzene rings is 1. The van der Waals surface area contributed by atoms with Gasteiger partial charge in [-0.15, -0.1) is 0 Å². The molecule has 1 aromatic rings. The van der Waals surface area contributed by atoms with Gasteiger partial charge in [-0.05, 0) is 44.2 Å². The zero-order chi connectivity index (χ0) is 18.6. The zero-order valence-corrected chi connectivity index (χ0v) is 16.1. The number of piperidine rings is 1. The van der Waals surface area contributed by atoms with E-state index in [-0.39, 0.29) is 11.9 Å². The smallest absolute Gasteiger partial charge is 0.243 e. The lowest BCUT2D eigenvalue weighted by atomic mass is 10.0. The standard InChI is InChI=1S/C18H29N3O3S/c1-13(2)12-17(19)18(22)20-15-8-10-21(11-9-15)25(23,24)16-6-4-14(3)5-7-16/h4-7,13,15,17H,8-12,19H2,1-3H3,(H,20,22)/t17-/m0/s1. The first-order chi connectivity index (χ1) is 11.7. The van der Waals surface area contributed by atoms with Gasteiger partial charge >= 0.3 is 0 Å². The average Bonchev–Trinajstić information content (AvgIpc) is 2.55. The third-order valence-electron chi connectivity index (χ3n) is 4.52. The highest BCUT2D eigenvalue weighted by molar-refractivity contribution is 7.89. The van der Waals surface area contributed by atoms with Crippen molar-refractivity contribution in [1.29, 1.82) is 0 Å². The van der Waals surface area contributed by atoms with Crippen molar-refractivity contribution in [1.82, 2.24) is 9.62 Å². The molecule has 1 atom stereocenters. The van der Waals surface area contributed by atoms with Crippen molar-refractivity contribution < 1.29 is 13.2 Å². The first kappa shape index (κ1) is 19.9. The average molecular weight is 368 g/mol. The van der Waals surface area contributed by atoms with Crippen molar-refractivity contribution in [3.05, 3.63) is 29.8 Å². The minimum absolute atomic E-state index is 0.0184. The molecule has 2 rings (SSSR count). The van der Waals surface area contributed by atoms with Crippen molar-refractivity contribution in [2.24, 2.45) is 11.7 Å². The van der Waals surface area contributed by atoms with Crippen LogP contribution in [0, 0.1) is 12.8 Å². The fraction of sp³-hybridized carbons (Fsp3) is 0.611. The van der Waals surface area contributed by atoms with Crippen LogP contribution >= 0.6 is 0 Å². The van der Waals surface area contributed by atoms with Gasteiger partial charge in [0.25, 0.3) is 0 Å². The highest BCUT2D eigenvalue weighted by atomic mass is 32.2. The molecule has 1 fully saturated rings. The molecule has 0 radical (unpaired) electrons. The Bertz CT molecular complexity index is 678. The molecule has 1 heterocycles. The molecule has 1 aliphatic heterocycles. The van der Waals surface area contributed by atoms with Gasteiger partial charge in [0.2, 0.25) is 15.9 Å². The monoisotopic (exact) mass is 367 g/mol. The predicted molar refractivity (Wildman–Crippen MR) is 98.5 cm³/mol. The summed E-state index contributed by atoms with van der Waals surface area (Å²) < 4.78 is 26.8. The van der Waals surface area contributed by atoms with E-state index in [0.29, 0.717) is 43.2 Å². The lowest BCUT2D eigenvalue weighted by Gasteiger charge is -2.32. The summed E-state index contributed by atoms with van der Waals surface area (Å²) in [5, 5.41) is 2.96. The van der Waals surface area contributed by atoms with Crippen LogP contribution in [0.5, 0.6) is 0 Å². The van der Waals surface area contributed by atoms with Crippen LogP contribution in [0.3, 0.4) is 0 Å². The van der Waals surface area contributed by atoms with Gasteiger partial charge < -0.3 is 11.1 Å². The summed E-state index contributed by atoms with van der Waals surface area (Å²) in [4.78, 5) is 12.4. The Morgan fingerprint density at radius 3 is 2.32 bits per heavy atom. The summed E-state index contributed by atoms with van der Waals surface area (Å²) in [7, 11) is -3.47. The van der Waals surface area contributed by atoms with Crippen LogP contribution in [0.1, 0.15) is 38.7 Å². The van der Waals surface area contributed by atoms with Crippen LogP contribution in [-0.2, 0) is 14.8 Å². The summed E-state index contributed by atoms with van der Waals surface area (Å²) in [5.74, 6) is 0.218. The Morgan fingerprint density at radius 2 is 1.80 bits per heavy atom. The number of nitrogens with zero attached hydrogens (tertiary/aromatic N) is 1. The number of hydrogen-bond donors (Lipinski definition) is 2. The van der Waals surface area contributed by atoms with Crippen molar-refractivity contribution in [2.45, 2.75) is 57.0 Å². The van der Waals surface area contributed by atoms with Crippen LogP contribution in [0.15, 0.2) is 29.2 Å². The molecular weight excluding hydrogens is 338 g/mol. The van der Waals surface area contributed by atoms with Gasteiger partial charge in [-0.2, -0.15) is 4.31 Å². The molecule has 0 unspecified atom stereocenters. The van der Waals surface area contributed by atoms with Gasteiger partial charge in [0.15, 0.2) is 0 Å². The number of carbonyl (C=O) groups excluding carboxylic acids is 1. The minimum Gasteiger partial charge on any atom is -0.352 e. The normalized spacial score (nSPS) is 18.3. The summed E-state index contributed by atoms with van der Waals surface area (Å²) in [6.07, 6.45) is 1.85. The summed E-state index contributed by atoms with van der Waals surface area (Å²) in [5.41, 5.74) is 6.93. The number of amides is 1. The molecule has 25 heavy (non-hydrogen) atoms. The molecular formula is C18H29N3O3S. The van der Waals surface area contributed by atoms with Crippen molar-refractivity contribution in [3.8, 4) is 0 Å². The molecule has 3 N–H and O–H groups in total. The van der Waals surface area contributed by atoms with Gasteiger partial charge in [0.1, 0.15) is 0 Å². The third-order valence-corrected chi connectivity index (χ3v) is 6.43. The molecule has 0 spiro atoms. The van der Waals surface area contributed by atoms with Crippen LogP contribution in [0.2, 0.25) is 0 Å². The van der Waals surface area contributed by atoms with Crippen LogP contribution < -0.4 is 11.1 Å². The van der Waals surface area contributed by atoms with Crippen molar-refractivity contribution in [3.63, 3.8) is 0 Å². The Morgan fingerprint density at radius 1 is 1.24 bits per heavy atom. The van der Waals surface area contributed by atoms with Crippen LogP contribution in [-0.4, -0.2) is 43.8 Å². The maximum Gasteiger partial charge on any atom is 0.243 e. The molecule has 0 aliphatic carbocycles. The molecule has 1 saturated heterocycles. The van der Waals surface area contributed by atoms with E-state index in [1.165, 1.54) is 4.31 Å². The molecule has 0 bridgehead atoms. The third kappa shape index (κ3) is 5.26. The van der Waals surface area contributed by atoms with Crippen LogP contribution in [0.4, 0.5) is 0 Å². The number of nitrogens with two attached hydrogens (primary N) is 1. The van der Waals surface area contributed by atoms with E-state index in [1.54, 1.807) is 24.3 Å². The fourth-order valence-corrected chi connectivity index (χ4v) is 4.49. The van der Waals surface area contributed by atoms with E-state index in [0.717, 1.165) is 5.56 Å². The van der Waals surface area contributed by atoms with E-state index in [4.69, 9.17) is 5.73 Å². The van der Waals surface area contributed by atoms with Gasteiger partial charge in [-0.1, -0.05) is 31.5 Å². The second-order valence-corrected chi connectivity index (χ2v) is 9.17.